The highest BCUT2D eigenvalue weighted by atomic mass is 32.1. The Morgan fingerprint density at radius 2 is 2.08 bits per heavy atom. The molecule has 0 atom stereocenters. The Labute approximate surface area is 154 Å². The number of carbonyl (C=O) groups is 2. The summed E-state index contributed by atoms with van der Waals surface area (Å²) in [4.78, 5) is 30.2. The van der Waals surface area contributed by atoms with Gasteiger partial charge < -0.3 is 11.1 Å². The number of fused-ring (bicyclic) bond motifs is 1. The number of anilines is 1. The number of hydrogen-bond acceptors (Lipinski definition) is 6. The number of carbonyl (C=O) groups excluding carboxylic acids is 2. The van der Waals surface area contributed by atoms with Crippen LogP contribution in [0.4, 0.5) is 5.00 Å². The molecule has 25 heavy (non-hydrogen) atoms. The number of rotatable bonds is 5. The van der Waals surface area contributed by atoms with Gasteiger partial charge in [-0.3, -0.25) is 14.0 Å². The minimum absolute atomic E-state index is 0.191. The zero-order chi connectivity index (χ0) is 17.4. The third-order valence-electron chi connectivity index (χ3n) is 3.58. The predicted molar refractivity (Wildman–Crippen MR) is 102 cm³/mol. The molecule has 0 aliphatic heterocycles. The molecule has 0 aliphatic rings. The molecule has 126 valence electrons. The Bertz CT molecular complexity index is 1060. The number of thiazole rings is 1. The second kappa shape index (κ2) is 6.43. The first-order chi connectivity index (χ1) is 12.1. The van der Waals surface area contributed by atoms with Gasteiger partial charge in [0.2, 0.25) is 5.91 Å². The molecule has 4 aromatic rings. The maximum absolute atomic E-state index is 12.3. The van der Waals surface area contributed by atoms with Gasteiger partial charge in [0.05, 0.1) is 16.9 Å². The molecule has 0 saturated carbocycles. The molecule has 4 rings (SSSR count). The summed E-state index contributed by atoms with van der Waals surface area (Å²) in [6.45, 7) is 0. The quantitative estimate of drug-likeness (QED) is 0.549. The number of nitrogens with two attached hydrogens (primary N) is 1. The highest BCUT2D eigenvalue weighted by molar-refractivity contribution is 7.15. The summed E-state index contributed by atoms with van der Waals surface area (Å²) in [7, 11) is 0. The van der Waals surface area contributed by atoms with Crippen LogP contribution in [-0.2, 0) is 11.2 Å². The molecule has 9 heteroatoms. The van der Waals surface area contributed by atoms with E-state index >= 15 is 0 Å². The van der Waals surface area contributed by atoms with Gasteiger partial charge in [-0.15, -0.1) is 34.0 Å². The lowest BCUT2D eigenvalue weighted by Gasteiger charge is -2.04. The summed E-state index contributed by atoms with van der Waals surface area (Å²) in [5.74, 6) is -0.749. The van der Waals surface area contributed by atoms with Gasteiger partial charge in [0.1, 0.15) is 10.7 Å². The fourth-order valence-electron chi connectivity index (χ4n) is 2.43. The fourth-order valence-corrected chi connectivity index (χ4v) is 4.80. The van der Waals surface area contributed by atoms with Crippen LogP contribution in [0.25, 0.3) is 15.5 Å². The maximum Gasteiger partial charge on any atom is 0.251 e. The van der Waals surface area contributed by atoms with Crippen LogP contribution in [0, 0.1) is 0 Å². The van der Waals surface area contributed by atoms with Crippen LogP contribution in [0.5, 0.6) is 0 Å². The van der Waals surface area contributed by atoms with Crippen LogP contribution < -0.4 is 11.1 Å². The van der Waals surface area contributed by atoms with Crippen molar-refractivity contribution in [3.63, 3.8) is 0 Å². The van der Waals surface area contributed by atoms with E-state index in [4.69, 9.17) is 5.73 Å². The maximum atomic E-state index is 12.3. The van der Waals surface area contributed by atoms with Crippen molar-refractivity contribution in [3.05, 3.63) is 51.8 Å². The minimum Gasteiger partial charge on any atom is -0.366 e. The van der Waals surface area contributed by atoms with Crippen molar-refractivity contribution in [1.82, 2.24) is 9.38 Å². The molecule has 0 fully saturated rings. The van der Waals surface area contributed by atoms with Gasteiger partial charge in [-0.25, -0.2) is 4.98 Å². The van der Waals surface area contributed by atoms with E-state index in [1.807, 2.05) is 33.5 Å². The molecule has 0 spiro atoms. The topological polar surface area (TPSA) is 89.5 Å². The molecular formula is C16H12N4O2S3. The van der Waals surface area contributed by atoms with Gasteiger partial charge in [0, 0.05) is 17.3 Å². The number of nitrogens with one attached hydrogen (secondary N) is 1. The normalized spacial score (nSPS) is 11.0. The van der Waals surface area contributed by atoms with Crippen LogP contribution in [0.3, 0.4) is 0 Å². The zero-order valence-corrected chi connectivity index (χ0v) is 15.2. The largest absolute Gasteiger partial charge is 0.366 e. The van der Waals surface area contributed by atoms with Gasteiger partial charge in [0.15, 0.2) is 4.96 Å². The third-order valence-corrected chi connectivity index (χ3v) is 6.19. The van der Waals surface area contributed by atoms with E-state index in [0.29, 0.717) is 10.6 Å². The second-order valence-electron chi connectivity index (χ2n) is 5.24. The SMILES string of the molecule is NC(=O)c1ccsc1NC(=O)Cc1csc2nc(-c3cccs3)cn12. The van der Waals surface area contributed by atoms with Crippen molar-refractivity contribution in [3.8, 4) is 10.6 Å². The van der Waals surface area contributed by atoms with Crippen molar-refractivity contribution >= 4 is 55.8 Å². The Morgan fingerprint density at radius 3 is 2.84 bits per heavy atom. The first-order valence-electron chi connectivity index (χ1n) is 7.28. The molecule has 0 aliphatic carbocycles. The second-order valence-corrected chi connectivity index (χ2v) is 7.94. The van der Waals surface area contributed by atoms with Crippen molar-refractivity contribution in [2.75, 3.05) is 5.32 Å². The smallest absolute Gasteiger partial charge is 0.251 e. The molecule has 4 heterocycles. The Balaban J connectivity index is 1.55. The average molecular weight is 388 g/mol. The number of hydrogen-bond donors (Lipinski definition) is 2. The zero-order valence-electron chi connectivity index (χ0n) is 12.8. The van der Waals surface area contributed by atoms with Crippen molar-refractivity contribution in [2.24, 2.45) is 5.73 Å². The molecule has 4 aromatic heterocycles. The molecule has 0 radical (unpaired) electrons. The minimum atomic E-state index is -0.551. The number of primary amides is 1. The average Bonchev–Trinajstić information content (AvgIpc) is 3.32. The Morgan fingerprint density at radius 1 is 1.20 bits per heavy atom. The first-order valence-corrected chi connectivity index (χ1v) is 9.92. The first kappa shape index (κ1) is 16.0. The monoisotopic (exact) mass is 388 g/mol. The molecule has 2 amide bonds. The summed E-state index contributed by atoms with van der Waals surface area (Å²) in [5.41, 5.74) is 7.38. The lowest BCUT2D eigenvalue weighted by atomic mass is 10.3. The summed E-state index contributed by atoms with van der Waals surface area (Å²) < 4.78 is 1.93. The van der Waals surface area contributed by atoms with Gasteiger partial charge in [-0.05, 0) is 22.9 Å². The van der Waals surface area contributed by atoms with E-state index in [0.717, 1.165) is 21.2 Å². The van der Waals surface area contributed by atoms with Gasteiger partial charge in [-0.2, -0.15) is 0 Å². The summed E-state index contributed by atoms with van der Waals surface area (Å²) >= 11 is 4.40. The highest BCUT2D eigenvalue weighted by Gasteiger charge is 2.16. The van der Waals surface area contributed by atoms with Gasteiger partial charge >= 0.3 is 0 Å². The van der Waals surface area contributed by atoms with E-state index in [1.165, 1.54) is 22.7 Å². The Kier molecular flexibility index (Phi) is 4.12. The molecule has 3 N–H and O–H groups in total. The Hall–Kier alpha value is -2.49. The number of thiophene rings is 2. The van der Waals surface area contributed by atoms with Crippen LogP contribution in [-0.4, -0.2) is 21.2 Å². The van der Waals surface area contributed by atoms with Crippen molar-refractivity contribution in [2.45, 2.75) is 6.42 Å². The van der Waals surface area contributed by atoms with Crippen LogP contribution in [0.15, 0.2) is 40.5 Å². The van der Waals surface area contributed by atoms with Crippen LogP contribution >= 0.6 is 34.0 Å². The van der Waals surface area contributed by atoms with Gasteiger partial charge in [-0.1, -0.05) is 6.07 Å². The lowest BCUT2D eigenvalue weighted by Crippen LogP contribution is -2.18. The van der Waals surface area contributed by atoms with E-state index < -0.39 is 5.91 Å². The number of amides is 2. The van der Waals surface area contributed by atoms with Gasteiger partial charge in [0.25, 0.3) is 5.91 Å². The van der Waals surface area contributed by atoms with E-state index in [-0.39, 0.29) is 12.3 Å². The molecule has 0 saturated heterocycles. The molecule has 0 unspecified atom stereocenters. The number of aromatic nitrogens is 2. The van der Waals surface area contributed by atoms with E-state index in [2.05, 4.69) is 10.3 Å². The van der Waals surface area contributed by atoms with E-state index in [1.54, 1.807) is 22.8 Å². The lowest BCUT2D eigenvalue weighted by molar-refractivity contribution is -0.115. The van der Waals surface area contributed by atoms with Crippen molar-refractivity contribution < 1.29 is 9.59 Å². The fraction of sp³-hybridized carbons (Fsp3) is 0.0625. The molecule has 6 nitrogen and oxygen atoms in total. The number of nitrogens with zero attached hydrogens (tertiary/aromatic N) is 2. The van der Waals surface area contributed by atoms with Crippen LogP contribution in [0.1, 0.15) is 16.1 Å². The van der Waals surface area contributed by atoms with E-state index in [9.17, 15) is 9.59 Å². The molecular weight excluding hydrogens is 376 g/mol. The summed E-state index contributed by atoms with van der Waals surface area (Å²) in [6.07, 6.45) is 2.14. The third kappa shape index (κ3) is 3.09. The standard InChI is InChI=1S/C16H12N4O2S3/c17-14(22)10-3-5-24-15(10)19-13(21)6-9-8-25-16-18-11(7-20(9)16)12-2-1-4-23-12/h1-5,7-8H,6H2,(H2,17,22)(H,19,21). The number of imidazole rings is 1. The highest BCUT2D eigenvalue weighted by Crippen LogP contribution is 2.27. The predicted octanol–water partition coefficient (Wildman–Crippen LogP) is 3.47. The molecule has 0 bridgehead atoms. The summed E-state index contributed by atoms with van der Waals surface area (Å²) in [6, 6.07) is 5.61. The van der Waals surface area contributed by atoms with Crippen molar-refractivity contribution in [1.29, 1.82) is 0 Å². The summed E-state index contributed by atoms with van der Waals surface area (Å²) in [5, 5.41) is 8.89. The van der Waals surface area contributed by atoms with Crippen LogP contribution in [0.2, 0.25) is 0 Å². The molecule has 0 aromatic carbocycles.